The minimum atomic E-state index is 0.453. The first-order valence-corrected chi connectivity index (χ1v) is 11.1. The Balaban J connectivity index is 1.46. The number of nitrogens with one attached hydrogen (secondary N) is 1. The fraction of sp³-hybridized carbons (Fsp3) is 0.571. The van der Waals surface area contributed by atoms with Gasteiger partial charge in [-0.15, -0.1) is 10.2 Å². The van der Waals surface area contributed by atoms with Gasteiger partial charge in [-0.05, 0) is 62.2 Å². The molecular weight excluding hydrogens is 392 g/mol. The maximum atomic E-state index is 5.97. The van der Waals surface area contributed by atoms with Crippen LogP contribution in [0.5, 0.6) is 0 Å². The second kappa shape index (κ2) is 9.23. The van der Waals surface area contributed by atoms with Crippen LogP contribution in [0, 0.1) is 0 Å². The van der Waals surface area contributed by atoms with Crippen molar-refractivity contribution < 1.29 is 4.42 Å². The highest BCUT2D eigenvalue weighted by molar-refractivity contribution is 7.80. The standard InChI is InChI=1S/C21H27ClN4OS/c22-16-12-10-15(11-13-16)20-25-24-19(27-20)14-26(18-8-4-5-9-18)21(28)23-17-6-2-1-3-7-17/h10-13,17-18H,1-9,14H2,(H,23,28). The van der Waals surface area contributed by atoms with E-state index in [1.54, 1.807) is 0 Å². The van der Waals surface area contributed by atoms with Crippen molar-refractivity contribution in [3.8, 4) is 11.5 Å². The summed E-state index contributed by atoms with van der Waals surface area (Å²) in [6.45, 7) is 0.559. The lowest BCUT2D eigenvalue weighted by atomic mass is 9.96. The molecule has 1 heterocycles. The molecule has 0 unspecified atom stereocenters. The van der Waals surface area contributed by atoms with E-state index < -0.39 is 0 Å². The summed E-state index contributed by atoms with van der Waals surface area (Å²) < 4.78 is 5.95. The van der Waals surface area contributed by atoms with Crippen molar-refractivity contribution in [2.45, 2.75) is 76.4 Å². The monoisotopic (exact) mass is 418 g/mol. The van der Waals surface area contributed by atoms with E-state index in [1.807, 2.05) is 24.3 Å². The molecule has 4 rings (SSSR count). The Morgan fingerprint density at radius 2 is 1.71 bits per heavy atom. The number of rotatable bonds is 5. The van der Waals surface area contributed by atoms with Crippen LogP contribution in [-0.4, -0.2) is 32.3 Å². The second-order valence-electron chi connectivity index (χ2n) is 7.86. The molecule has 2 fully saturated rings. The van der Waals surface area contributed by atoms with Crippen molar-refractivity contribution in [2.75, 3.05) is 0 Å². The highest BCUT2D eigenvalue weighted by Gasteiger charge is 2.28. The van der Waals surface area contributed by atoms with Gasteiger partial charge in [0, 0.05) is 22.7 Å². The number of thiocarbonyl (C=S) groups is 1. The highest BCUT2D eigenvalue weighted by atomic mass is 35.5. The van der Waals surface area contributed by atoms with Gasteiger partial charge < -0.3 is 14.6 Å². The van der Waals surface area contributed by atoms with Crippen molar-refractivity contribution in [2.24, 2.45) is 0 Å². The number of aromatic nitrogens is 2. The summed E-state index contributed by atoms with van der Waals surface area (Å²) in [6.07, 6.45) is 11.2. The number of benzene rings is 1. The highest BCUT2D eigenvalue weighted by Crippen LogP contribution is 2.27. The summed E-state index contributed by atoms with van der Waals surface area (Å²) in [4.78, 5) is 2.27. The molecule has 5 nitrogen and oxygen atoms in total. The molecule has 2 saturated carbocycles. The third-order valence-electron chi connectivity index (χ3n) is 5.82. The van der Waals surface area contributed by atoms with Crippen LogP contribution in [0.3, 0.4) is 0 Å². The quantitative estimate of drug-likeness (QED) is 0.661. The molecule has 2 aliphatic rings. The maximum Gasteiger partial charge on any atom is 0.247 e. The van der Waals surface area contributed by atoms with Crippen molar-refractivity contribution >= 4 is 28.9 Å². The molecule has 0 bridgehead atoms. The summed E-state index contributed by atoms with van der Waals surface area (Å²) in [5.41, 5.74) is 0.874. The molecule has 1 N–H and O–H groups in total. The first-order valence-electron chi connectivity index (χ1n) is 10.3. The Morgan fingerprint density at radius 1 is 1.04 bits per heavy atom. The van der Waals surface area contributed by atoms with E-state index >= 15 is 0 Å². The number of halogens is 1. The molecule has 1 aromatic heterocycles. The second-order valence-corrected chi connectivity index (χ2v) is 8.68. The molecule has 0 aliphatic heterocycles. The molecule has 28 heavy (non-hydrogen) atoms. The van der Waals surface area contributed by atoms with Crippen LogP contribution in [0.4, 0.5) is 0 Å². The minimum Gasteiger partial charge on any atom is -0.419 e. The van der Waals surface area contributed by atoms with Gasteiger partial charge in [0.2, 0.25) is 11.8 Å². The third-order valence-corrected chi connectivity index (χ3v) is 6.43. The zero-order valence-electron chi connectivity index (χ0n) is 16.1. The molecule has 7 heteroatoms. The number of hydrogen-bond donors (Lipinski definition) is 1. The molecule has 150 valence electrons. The third kappa shape index (κ3) is 4.84. The van der Waals surface area contributed by atoms with Crippen molar-refractivity contribution in [1.29, 1.82) is 0 Å². The summed E-state index contributed by atoms with van der Waals surface area (Å²) in [5, 5.41) is 13.6. The molecule has 1 aromatic carbocycles. The van der Waals surface area contributed by atoms with E-state index in [4.69, 9.17) is 28.2 Å². The van der Waals surface area contributed by atoms with Crippen molar-refractivity contribution in [3.63, 3.8) is 0 Å². The molecule has 0 amide bonds. The fourth-order valence-corrected chi connectivity index (χ4v) is 4.77. The predicted molar refractivity (Wildman–Crippen MR) is 115 cm³/mol. The molecular formula is C21H27ClN4OS. The van der Waals surface area contributed by atoms with Crippen LogP contribution in [0.2, 0.25) is 5.02 Å². The summed E-state index contributed by atoms with van der Waals surface area (Å²) in [5.74, 6) is 1.12. The zero-order chi connectivity index (χ0) is 19.3. The first-order chi connectivity index (χ1) is 13.7. The van der Waals surface area contributed by atoms with Crippen LogP contribution in [0.15, 0.2) is 28.7 Å². The number of nitrogens with zero attached hydrogens (tertiary/aromatic N) is 3. The molecule has 0 radical (unpaired) electrons. The van der Waals surface area contributed by atoms with Crippen molar-refractivity contribution in [1.82, 2.24) is 20.4 Å². The normalized spacial score (nSPS) is 18.3. The Bertz CT molecular complexity index is 782. The van der Waals surface area contributed by atoms with E-state index in [0.29, 0.717) is 35.4 Å². The maximum absolute atomic E-state index is 5.97. The van der Waals surface area contributed by atoms with Gasteiger partial charge in [-0.1, -0.05) is 43.7 Å². The average molecular weight is 419 g/mol. The summed E-state index contributed by atoms with van der Waals surface area (Å²) in [6, 6.07) is 8.39. The average Bonchev–Trinajstić information content (AvgIpc) is 3.39. The molecule has 0 spiro atoms. The molecule has 2 aromatic rings. The van der Waals surface area contributed by atoms with Gasteiger partial charge in [-0.2, -0.15) is 0 Å². The summed E-state index contributed by atoms with van der Waals surface area (Å²) >= 11 is 11.8. The van der Waals surface area contributed by atoms with Gasteiger partial charge in [0.25, 0.3) is 0 Å². The smallest absolute Gasteiger partial charge is 0.247 e. The zero-order valence-corrected chi connectivity index (χ0v) is 17.6. The van der Waals surface area contributed by atoms with E-state index in [1.165, 1.54) is 57.8 Å². The predicted octanol–water partition coefficient (Wildman–Crippen LogP) is 5.34. The van der Waals surface area contributed by atoms with Crippen LogP contribution < -0.4 is 5.32 Å². The van der Waals surface area contributed by atoms with Crippen molar-refractivity contribution in [3.05, 3.63) is 35.2 Å². The Hall–Kier alpha value is -1.66. The lowest BCUT2D eigenvalue weighted by Crippen LogP contribution is -2.48. The van der Waals surface area contributed by atoms with Crippen LogP contribution >= 0.6 is 23.8 Å². The SMILES string of the molecule is S=C(NC1CCCCC1)N(Cc1nnc(-c2ccc(Cl)cc2)o1)C1CCCC1. The van der Waals surface area contributed by atoms with Gasteiger partial charge >= 0.3 is 0 Å². The van der Waals surface area contributed by atoms with Gasteiger partial charge in [0.1, 0.15) is 0 Å². The van der Waals surface area contributed by atoms with Crippen LogP contribution in [0.1, 0.15) is 63.7 Å². The Morgan fingerprint density at radius 3 is 2.43 bits per heavy atom. The van der Waals surface area contributed by atoms with Gasteiger partial charge in [-0.25, -0.2) is 0 Å². The van der Waals surface area contributed by atoms with E-state index in [2.05, 4.69) is 20.4 Å². The topological polar surface area (TPSA) is 54.2 Å². The minimum absolute atomic E-state index is 0.453. The molecule has 2 aliphatic carbocycles. The Kier molecular flexibility index (Phi) is 6.47. The first kappa shape index (κ1) is 19.6. The number of hydrogen-bond acceptors (Lipinski definition) is 4. The lowest BCUT2D eigenvalue weighted by molar-refractivity contribution is 0.268. The van der Waals surface area contributed by atoms with Crippen LogP contribution in [-0.2, 0) is 6.54 Å². The largest absolute Gasteiger partial charge is 0.419 e. The lowest BCUT2D eigenvalue weighted by Gasteiger charge is -2.33. The van der Waals surface area contributed by atoms with Gasteiger partial charge in [0.15, 0.2) is 5.11 Å². The van der Waals surface area contributed by atoms with Crippen LogP contribution in [0.25, 0.3) is 11.5 Å². The molecule has 0 atom stereocenters. The van der Waals surface area contributed by atoms with Gasteiger partial charge in [0.05, 0.1) is 6.54 Å². The van der Waals surface area contributed by atoms with E-state index in [0.717, 1.165) is 10.7 Å². The molecule has 0 saturated heterocycles. The fourth-order valence-electron chi connectivity index (χ4n) is 4.26. The van der Waals surface area contributed by atoms with E-state index in [9.17, 15) is 0 Å². The summed E-state index contributed by atoms with van der Waals surface area (Å²) in [7, 11) is 0. The Labute approximate surface area is 176 Å². The van der Waals surface area contributed by atoms with E-state index in [-0.39, 0.29) is 0 Å². The van der Waals surface area contributed by atoms with Gasteiger partial charge in [-0.3, -0.25) is 0 Å².